The molecular weight excluding hydrogens is 385 g/mol. The van der Waals surface area contributed by atoms with Gasteiger partial charge in [0.05, 0.1) is 5.56 Å². The molecule has 5 nitrogen and oxygen atoms in total. The Morgan fingerprint density at radius 2 is 1.62 bits per heavy atom. The zero-order chi connectivity index (χ0) is 20.9. The Balaban J connectivity index is 1.45. The van der Waals surface area contributed by atoms with Crippen molar-refractivity contribution in [3.63, 3.8) is 0 Å². The monoisotopic (exact) mass is 406 g/mol. The Morgan fingerprint density at radius 1 is 1.00 bits per heavy atom. The van der Waals surface area contributed by atoms with Gasteiger partial charge in [0.1, 0.15) is 6.61 Å². The molecule has 154 valence electrons. The van der Waals surface area contributed by atoms with Crippen LogP contribution in [0.3, 0.4) is 0 Å². The third kappa shape index (κ3) is 5.73. The molecule has 1 heterocycles. The number of benzene rings is 2. The van der Waals surface area contributed by atoms with Crippen molar-refractivity contribution in [2.24, 2.45) is 0 Å². The van der Waals surface area contributed by atoms with Gasteiger partial charge in [0, 0.05) is 24.7 Å². The van der Waals surface area contributed by atoms with Crippen molar-refractivity contribution in [2.75, 3.05) is 13.1 Å². The maximum absolute atomic E-state index is 12.6. The van der Waals surface area contributed by atoms with Crippen molar-refractivity contribution in [1.82, 2.24) is 10.2 Å². The number of likely N-dealkylation sites (tertiary alicyclic amines) is 1. The van der Waals surface area contributed by atoms with Crippen molar-refractivity contribution < 1.29 is 27.5 Å². The Bertz CT molecular complexity index is 830. The van der Waals surface area contributed by atoms with Crippen LogP contribution in [0.4, 0.5) is 18.0 Å². The highest BCUT2D eigenvalue weighted by atomic mass is 19.4. The summed E-state index contributed by atoms with van der Waals surface area (Å²) in [6.45, 7) is 0.991. The molecule has 0 saturated carbocycles. The van der Waals surface area contributed by atoms with E-state index in [2.05, 4.69) is 5.32 Å². The lowest BCUT2D eigenvalue weighted by atomic mass is 10.0. The van der Waals surface area contributed by atoms with E-state index in [9.17, 15) is 22.8 Å². The zero-order valence-electron chi connectivity index (χ0n) is 15.6. The normalized spacial score (nSPS) is 15.1. The van der Waals surface area contributed by atoms with Crippen molar-refractivity contribution >= 4 is 12.0 Å². The van der Waals surface area contributed by atoms with Crippen LogP contribution in [-0.4, -0.2) is 36.0 Å². The first kappa shape index (κ1) is 20.7. The number of halogens is 3. The molecule has 0 radical (unpaired) electrons. The Labute approximate surface area is 166 Å². The van der Waals surface area contributed by atoms with Crippen LogP contribution in [0.2, 0.25) is 0 Å². The number of nitrogens with one attached hydrogen (secondary N) is 1. The summed E-state index contributed by atoms with van der Waals surface area (Å²) in [7, 11) is 0. The standard InChI is InChI=1S/C21H21F3N2O3/c22-21(23,24)17-8-6-16(7-9-17)19(27)26-12-10-18(11-13-26)25-20(28)29-14-15-4-2-1-3-5-15/h1-9,18H,10-14H2,(H,25,28). The lowest BCUT2D eigenvalue weighted by molar-refractivity contribution is -0.137. The summed E-state index contributed by atoms with van der Waals surface area (Å²) in [5.41, 5.74) is 0.317. The van der Waals surface area contributed by atoms with Gasteiger partial charge in [-0.3, -0.25) is 4.79 Å². The van der Waals surface area contributed by atoms with E-state index >= 15 is 0 Å². The fourth-order valence-corrected chi connectivity index (χ4v) is 3.14. The van der Waals surface area contributed by atoms with E-state index in [4.69, 9.17) is 4.74 Å². The minimum Gasteiger partial charge on any atom is -0.445 e. The summed E-state index contributed by atoms with van der Waals surface area (Å²) in [4.78, 5) is 26.0. The third-order valence-electron chi connectivity index (χ3n) is 4.78. The molecule has 0 bridgehead atoms. The van der Waals surface area contributed by atoms with E-state index in [1.54, 1.807) is 4.90 Å². The molecule has 0 aromatic heterocycles. The molecule has 1 N–H and O–H groups in total. The van der Waals surface area contributed by atoms with E-state index in [-0.39, 0.29) is 24.1 Å². The van der Waals surface area contributed by atoms with Crippen LogP contribution in [0.25, 0.3) is 0 Å². The van der Waals surface area contributed by atoms with Crippen LogP contribution in [0.15, 0.2) is 54.6 Å². The van der Waals surface area contributed by atoms with Gasteiger partial charge in [0.15, 0.2) is 0 Å². The summed E-state index contributed by atoms with van der Waals surface area (Å²) in [6.07, 6.45) is -3.85. The predicted molar refractivity (Wildman–Crippen MR) is 100 cm³/mol. The number of amides is 2. The number of nitrogens with zero attached hydrogens (tertiary/aromatic N) is 1. The molecule has 2 aromatic rings. The first-order chi connectivity index (χ1) is 13.8. The highest BCUT2D eigenvalue weighted by molar-refractivity contribution is 5.94. The summed E-state index contributed by atoms with van der Waals surface area (Å²) in [6, 6.07) is 13.4. The zero-order valence-corrected chi connectivity index (χ0v) is 15.6. The van der Waals surface area contributed by atoms with Gasteiger partial charge in [-0.1, -0.05) is 30.3 Å². The molecule has 2 amide bonds. The molecule has 3 rings (SSSR count). The SMILES string of the molecule is O=C(NC1CCN(C(=O)c2ccc(C(F)(F)F)cc2)CC1)OCc1ccccc1. The van der Waals surface area contributed by atoms with E-state index in [0.29, 0.717) is 25.9 Å². The molecule has 0 atom stereocenters. The highest BCUT2D eigenvalue weighted by Gasteiger charge is 2.31. The highest BCUT2D eigenvalue weighted by Crippen LogP contribution is 2.29. The minimum absolute atomic E-state index is 0.116. The lowest BCUT2D eigenvalue weighted by Crippen LogP contribution is -2.46. The molecule has 0 spiro atoms. The molecule has 1 saturated heterocycles. The summed E-state index contributed by atoms with van der Waals surface area (Å²) < 4.78 is 43.1. The van der Waals surface area contributed by atoms with Crippen molar-refractivity contribution in [1.29, 1.82) is 0 Å². The molecular formula is C21H21F3N2O3. The maximum Gasteiger partial charge on any atom is 0.416 e. The summed E-state index contributed by atoms with van der Waals surface area (Å²) in [5, 5.41) is 2.79. The number of alkyl carbamates (subject to hydrolysis) is 1. The fraction of sp³-hybridized carbons (Fsp3) is 0.333. The number of carbonyl (C=O) groups is 2. The van der Waals surface area contributed by atoms with Crippen LogP contribution >= 0.6 is 0 Å². The van der Waals surface area contributed by atoms with Crippen molar-refractivity contribution in [3.8, 4) is 0 Å². The van der Waals surface area contributed by atoms with Gasteiger partial charge >= 0.3 is 12.3 Å². The van der Waals surface area contributed by atoms with Gasteiger partial charge in [0.25, 0.3) is 5.91 Å². The Morgan fingerprint density at radius 3 is 2.21 bits per heavy atom. The van der Waals surface area contributed by atoms with Crippen LogP contribution in [0.1, 0.15) is 34.3 Å². The average Bonchev–Trinajstić information content (AvgIpc) is 2.72. The largest absolute Gasteiger partial charge is 0.445 e. The van der Waals surface area contributed by atoms with Crippen LogP contribution in [0.5, 0.6) is 0 Å². The third-order valence-corrected chi connectivity index (χ3v) is 4.78. The topological polar surface area (TPSA) is 58.6 Å². The maximum atomic E-state index is 12.6. The number of piperidine rings is 1. The molecule has 29 heavy (non-hydrogen) atoms. The quantitative estimate of drug-likeness (QED) is 0.827. The van der Waals surface area contributed by atoms with Gasteiger partial charge in [-0.05, 0) is 42.7 Å². The smallest absolute Gasteiger partial charge is 0.416 e. The number of hydrogen-bond acceptors (Lipinski definition) is 3. The van der Waals surface area contributed by atoms with E-state index in [1.807, 2.05) is 30.3 Å². The minimum atomic E-state index is -4.43. The molecule has 8 heteroatoms. The predicted octanol–water partition coefficient (Wildman–Crippen LogP) is 4.24. The second kappa shape index (κ2) is 8.98. The van der Waals surface area contributed by atoms with E-state index in [0.717, 1.165) is 17.7 Å². The Hall–Kier alpha value is -3.03. The number of rotatable bonds is 4. The number of ether oxygens (including phenoxy) is 1. The van der Waals surface area contributed by atoms with Gasteiger partial charge in [-0.25, -0.2) is 4.79 Å². The molecule has 2 aromatic carbocycles. The van der Waals surface area contributed by atoms with Gasteiger partial charge in [0.2, 0.25) is 0 Å². The number of carbonyl (C=O) groups excluding carboxylic acids is 2. The average molecular weight is 406 g/mol. The second-order valence-corrected chi connectivity index (χ2v) is 6.85. The molecule has 0 unspecified atom stereocenters. The molecule has 1 aliphatic heterocycles. The second-order valence-electron chi connectivity index (χ2n) is 6.85. The number of alkyl halides is 3. The van der Waals surface area contributed by atoms with E-state index in [1.165, 1.54) is 12.1 Å². The van der Waals surface area contributed by atoms with E-state index < -0.39 is 17.8 Å². The van der Waals surface area contributed by atoms with Crippen molar-refractivity contribution in [3.05, 3.63) is 71.3 Å². The lowest BCUT2D eigenvalue weighted by Gasteiger charge is -2.32. The molecule has 1 aliphatic rings. The van der Waals surface area contributed by atoms with Gasteiger partial charge in [-0.2, -0.15) is 13.2 Å². The summed E-state index contributed by atoms with van der Waals surface area (Å²) in [5.74, 6) is -0.316. The summed E-state index contributed by atoms with van der Waals surface area (Å²) >= 11 is 0. The van der Waals surface area contributed by atoms with Crippen LogP contribution in [-0.2, 0) is 17.5 Å². The van der Waals surface area contributed by atoms with Crippen LogP contribution < -0.4 is 5.32 Å². The fourth-order valence-electron chi connectivity index (χ4n) is 3.14. The van der Waals surface area contributed by atoms with Gasteiger partial charge < -0.3 is 15.0 Å². The first-order valence-corrected chi connectivity index (χ1v) is 9.26. The van der Waals surface area contributed by atoms with Gasteiger partial charge in [-0.15, -0.1) is 0 Å². The Kier molecular flexibility index (Phi) is 6.41. The number of hydrogen-bond donors (Lipinski definition) is 1. The molecule has 0 aliphatic carbocycles. The first-order valence-electron chi connectivity index (χ1n) is 9.26. The van der Waals surface area contributed by atoms with Crippen LogP contribution in [0, 0.1) is 0 Å². The van der Waals surface area contributed by atoms with Crippen molar-refractivity contribution in [2.45, 2.75) is 31.7 Å². The molecule has 1 fully saturated rings.